The minimum absolute atomic E-state index is 0.0635. The predicted molar refractivity (Wildman–Crippen MR) is 61.8 cm³/mol. The monoisotopic (exact) mass is 213 g/mol. The van der Waals surface area contributed by atoms with E-state index >= 15 is 0 Å². The summed E-state index contributed by atoms with van der Waals surface area (Å²) < 4.78 is 0. The Morgan fingerprint density at radius 1 is 1.40 bits per heavy atom. The van der Waals surface area contributed by atoms with E-state index in [9.17, 15) is 4.79 Å². The van der Waals surface area contributed by atoms with Crippen LogP contribution >= 0.6 is 0 Å². The van der Waals surface area contributed by atoms with Crippen molar-refractivity contribution in [2.45, 2.75) is 19.8 Å². The van der Waals surface area contributed by atoms with E-state index in [1.807, 2.05) is 14.0 Å². The van der Waals surface area contributed by atoms with E-state index in [0.717, 1.165) is 19.6 Å². The maximum atomic E-state index is 11.5. The molecule has 1 amide bonds. The lowest BCUT2D eigenvalue weighted by molar-refractivity contribution is -0.124. The Balaban J connectivity index is 2.05. The molecule has 15 heavy (non-hydrogen) atoms. The number of rotatable bonds is 6. The highest BCUT2D eigenvalue weighted by atomic mass is 16.1. The molecule has 0 bridgehead atoms. The van der Waals surface area contributed by atoms with Crippen LogP contribution < -0.4 is 10.6 Å². The van der Waals surface area contributed by atoms with Crippen molar-refractivity contribution in [3.63, 3.8) is 0 Å². The van der Waals surface area contributed by atoms with Gasteiger partial charge in [-0.3, -0.25) is 4.79 Å². The van der Waals surface area contributed by atoms with Crippen molar-refractivity contribution in [1.82, 2.24) is 15.5 Å². The van der Waals surface area contributed by atoms with E-state index in [-0.39, 0.29) is 11.8 Å². The van der Waals surface area contributed by atoms with Crippen LogP contribution in [-0.2, 0) is 4.79 Å². The third kappa shape index (κ3) is 4.62. The number of likely N-dealkylation sites (tertiary alicyclic amines) is 1. The molecule has 1 rings (SSSR count). The Kier molecular flexibility index (Phi) is 5.65. The van der Waals surface area contributed by atoms with Crippen molar-refractivity contribution >= 4 is 5.91 Å². The highest BCUT2D eigenvalue weighted by Crippen LogP contribution is 2.05. The predicted octanol–water partition coefficient (Wildman–Crippen LogP) is 0.0539. The standard InChI is InChI=1S/C11H23N3O/c1-10(9-12-2)11(15)13-5-8-14-6-3-4-7-14/h10,12H,3-9H2,1-2H3,(H,13,15). The Labute approximate surface area is 92.4 Å². The van der Waals surface area contributed by atoms with Crippen molar-refractivity contribution in [1.29, 1.82) is 0 Å². The van der Waals surface area contributed by atoms with Gasteiger partial charge >= 0.3 is 0 Å². The molecular formula is C11H23N3O. The van der Waals surface area contributed by atoms with Gasteiger partial charge in [0.1, 0.15) is 0 Å². The van der Waals surface area contributed by atoms with Crippen LogP contribution in [0.2, 0.25) is 0 Å². The zero-order chi connectivity index (χ0) is 11.1. The molecule has 88 valence electrons. The second-order valence-corrected chi connectivity index (χ2v) is 4.30. The molecule has 1 aliphatic heterocycles. The molecule has 0 aliphatic carbocycles. The second kappa shape index (κ2) is 6.80. The zero-order valence-electron chi connectivity index (χ0n) is 9.88. The summed E-state index contributed by atoms with van der Waals surface area (Å²) >= 11 is 0. The van der Waals surface area contributed by atoms with Gasteiger partial charge in [0, 0.05) is 25.6 Å². The third-order valence-electron chi connectivity index (χ3n) is 2.88. The van der Waals surface area contributed by atoms with Crippen LogP contribution in [-0.4, -0.2) is 50.6 Å². The van der Waals surface area contributed by atoms with Gasteiger partial charge in [-0.25, -0.2) is 0 Å². The van der Waals surface area contributed by atoms with Crippen molar-refractivity contribution in [3.05, 3.63) is 0 Å². The zero-order valence-corrected chi connectivity index (χ0v) is 9.88. The van der Waals surface area contributed by atoms with Gasteiger partial charge in [-0.2, -0.15) is 0 Å². The topological polar surface area (TPSA) is 44.4 Å². The Bertz CT molecular complexity index is 190. The van der Waals surface area contributed by atoms with Gasteiger partial charge in [-0.1, -0.05) is 6.92 Å². The maximum Gasteiger partial charge on any atom is 0.224 e. The van der Waals surface area contributed by atoms with Crippen LogP contribution in [0.4, 0.5) is 0 Å². The summed E-state index contributed by atoms with van der Waals surface area (Å²) in [5.74, 6) is 0.220. The molecule has 1 saturated heterocycles. The molecular weight excluding hydrogens is 190 g/mol. The molecule has 0 saturated carbocycles. The summed E-state index contributed by atoms with van der Waals surface area (Å²) in [6.45, 7) is 6.87. The highest BCUT2D eigenvalue weighted by Gasteiger charge is 2.13. The molecule has 0 aromatic rings. The van der Waals surface area contributed by atoms with Gasteiger partial charge < -0.3 is 15.5 Å². The van der Waals surface area contributed by atoms with Gasteiger partial charge in [-0.05, 0) is 33.0 Å². The van der Waals surface area contributed by atoms with Crippen LogP contribution in [0.25, 0.3) is 0 Å². The lowest BCUT2D eigenvalue weighted by Gasteiger charge is -2.16. The molecule has 1 fully saturated rings. The van der Waals surface area contributed by atoms with Crippen LogP contribution in [0.15, 0.2) is 0 Å². The number of amides is 1. The molecule has 1 unspecified atom stereocenters. The average molecular weight is 213 g/mol. The fourth-order valence-corrected chi connectivity index (χ4v) is 1.92. The Hall–Kier alpha value is -0.610. The quantitative estimate of drug-likeness (QED) is 0.655. The van der Waals surface area contributed by atoms with Crippen molar-refractivity contribution in [2.75, 3.05) is 39.8 Å². The number of carbonyl (C=O) groups is 1. The first-order valence-electron chi connectivity index (χ1n) is 5.88. The first-order chi connectivity index (χ1) is 7.24. The smallest absolute Gasteiger partial charge is 0.224 e. The summed E-state index contributed by atoms with van der Waals surface area (Å²) in [6.07, 6.45) is 2.62. The highest BCUT2D eigenvalue weighted by molar-refractivity contribution is 5.78. The van der Waals surface area contributed by atoms with Crippen molar-refractivity contribution in [2.24, 2.45) is 5.92 Å². The van der Waals surface area contributed by atoms with Crippen molar-refractivity contribution < 1.29 is 4.79 Å². The van der Waals surface area contributed by atoms with Gasteiger partial charge in [0.2, 0.25) is 5.91 Å². The van der Waals surface area contributed by atoms with Crippen molar-refractivity contribution in [3.8, 4) is 0 Å². The molecule has 1 heterocycles. The Morgan fingerprint density at radius 2 is 2.07 bits per heavy atom. The molecule has 4 nitrogen and oxygen atoms in total. The fourth-order valence-electron chi connectivity index (χ4n) is 1.92. The molecule has 0 spiro atoms. The fraction of sp³-hybridized carbons (Fsp3) is 0.909. The van der Waals surface area contributed by atoms with Crippen LogP contribution in [0, 0.1) is 5.92 Å². The van der Waals surface area contributed by atoms with Gasteiger partial charge in [-0.15, -0.1) is 0 Å². The molecule has 4 heteroatoms. The minimum atomic E-state index is 0.0635. The summed E-state index contributed by atoms with van der Waals surface area (Å²) in [4.78, 5) is 13.9. The summed E-state index contributed by atoms with van der Waals surface area (Å²) in [7, 11) is 1.87. The number of hydrogen-bond donors (Lipinski definition) is 2. The average Bonchev–Trinajstić information content (AvgIpc) is 2.71. The van der Waals surface area contributed by atoms with E-state index in [0.29, 0.717) is 0 Å². The molecule has 0 radical (unpaired) electrons. The molecule has 1 atom stereocenters. The molecule has 1 aliphatic rings. The minimum Gasteiger partial charge on any atom is -0.355 e. The first-order valence-corrected chi connectivity index (χ1v) is 5.88. The lowest BCUT2D eigenvalue weighted by atomic mass is 10.1. The van der Waals surface area contributed by atoms with E-state index in [4.69, 9.17) is 0 Å². The van der Waals surface area contributed by atoms with Crippen LogP contribution in [0.5, 0.6) is 0 Å². The van der Waals surface area contributed by atoms with Crippen LogP contribution in [0.3, 0.4) is 0 Å². The number of carbonyl (C=O) groups excluding carboxylic acids is 1. The first kappa shape index (κ1) is 12.5. The van der Waals surface area contributed by atoms with E-state index in [1.54, 1.807) is 0 Å². The summed E-state index contributed by atoms with van der Waals surface area (Å²) in [6, 6.07) is 0. The van der Waals surface area contributed by atoms with Gasteiger partial charge in [0.15, 0.2) is 0 Å². The lowest BCUT2D eigenvalue weighted by Crippen LogP contribution is -2.38. The maximum absolute atomic E-state index is 11.5. The third-order valence-corrected chi connectivity index (χ3v) is 2.88. The van der Waals surface area contributed by atoms with E-state index < -0.39 is 0 Å². The van der Waals surface area contributed by atoms with Gasteiger partial charge in [0.25, 0.3) is 0 Å². The molecule has 2 N–H and O–H groups in total. The number of nitrogens with one attached hydrogen (secondary N) is 2. The Morgan fingerprint density at radius 3 is 2.67 bits per heavy atom. The SMILES string of the molecule is CNCC(C)C(=O)NCCN1CCCC1. The normalized spacial score (nSPS) is 19.1. The largest absolute Gasteiger partial charge is 0.355 e. The molecule has 0 aromatic heterocycles. The number of nitrogens with zero attached hydrogens (tertiary/aromatic N) is 1. The second-order valence-electron chi connectivity index (χ2n) is 4.30. The molecule has 0 aromatic carbocycles. The summed E-state index contributed by atoms with van der Waals surface area (Å²) in [5, 5.41) is 5.98. The van der Waals surface area contributed by atoms with Crippen LogP contribution in [0.1, 0.15) is 19.8 Å². The van der Waals surface area contributed by atoms with E-state index in [2.05, 4.69) is 15.5 Å². The van der Waals surface area contributed by atoms with E-state index in [1.165, 1.54) is 25.9 Å². The van der Waals surface area contributed by atoms with Gasteiger partial charge in [0.05, 0.1) is 0 Å². The number of hydrogen-bond acceptors (Lipinski definition) is 3. The summed E-state index contributed by atoms with van der Waals surface area (Å²) in [5.41, 5.74) is 0.